The van der Waals surface area contributed by atoms with Crippen molar-refractivity contribution in [2.45, 2.75) is 43.4 Å². The number of nitrogens with zero attached hydrogens (tertiary/aromatic N) is 5. The molecule has 0 bridgehead atoms. The Labute approximate surface area is 235 Å². The lowest BCUT2D eigenvalue weighted by Crippen LogP contribution is -2.42. The number of hydrogen-bond acceptors (Lipinski definition) is 9. The van der Waals surface area contributed by atoms with Crippen LogP contribution in [0.4, 0.5) is 13.2 Å². The van der Waals surface area contributed by atoms with Crippen LogP contribution in [0.15, 0.2) is 36.7 Å². The van der Waals surface area contributed by atoms with E-state index < -0.39 is 48.2 Å². The molecule has 1 aromatic carbocycles. The minimum absolute atomic E-state index is 0.0790. The summed E-state index contributed by atoms with van der Waals surface area (Å²) in [5.74, 6) is -4.82. The first-order valence-electron chi connectivity index (χ1n) is 12.2. The van der Waals surface area contributed by atoms with Gasteiger partial charge in [-0.25, -0.2) is 9.78 Å². The molecule has 1 fully saturated rings. The quantitative estimate of drug-likeness (QED) is 0.294. The largest absolute Gasteiger partial charge is 0.497 e. The zero-order valence-corrected chi connectivity index (χ0v) is 22.0. The molecule has 226 valence electrons. The van der Waals surface area contributed by atoms with Crippen LogP contribution >= 0.6 is 0 Å². The molecule has 4 N–H and O–H groups in total. The third kappa shape index (κ3) is 7.68. The second kappa shape index (κ2) is 12.8. The number of carboxylic acids is 3. The van der Waals surface area contributed by atoms with Crippen molar-refractivity contribution in [2.24, 2.45) is 0 Å². The Balaban J connectivity index is 0.000000316. The third-order valence-electron chi connectivity index (χ3n) is 6.36. The number of methoxy groups -OCH3 is 1. The number of carbonyl (C=O) groups excluding carboxylic acids is 1. The second-order valence-electron chi connectivity index (χ2n) is 9.31. The molecule has 4 rings (SSSR count). The zero-order valence-electron chi connectivity index (χ0n) is 22.0. The van der Waals surface area contributed by atoms with Gasteiger partial charge in [-0.3, -0.25) is 14.4 Å². The summed E-state index contributed by atoms with van der Waals surface area (Å²) in [6.07, 6.45) is -4.76. The number of fused-ring (bicyclic) bond motifs is 1. The number of ether oxygens (including phenoxy) is 1. The number of benzene rings is 1. The summed E-state index contributed by atoms with van der Waals surface area (Å²) >= 11 is 0. The summed E-state index contributed by atoms with van der Waals surface area (Å²) in [5, 5.41) is 37.4. The summed E-state index contributed by atoms with van der Waals surface area (Å²) in [6, 6.07) is 7.92. The van der Waals surface area contributed by atoms with Gasteiger partial charge in [-0.05, 0) is 37.1 Å². The Morgan fingerprint density at radius 3 is 2.17 bits per heavy atom. The van der Waals surface area contributed by atoms with Crippen LogP contribution in [0.25, 0.3) is 5.78 Å². The fraction of sp³-hybridized carbons (Fsp3) is 0.400. The van der Waals surface area contributed by atoms with Gasteiger partial charge in [0.25, 0.3) is 11.7 Å². The highest BCUT2D eigenvalue weighted by Gasteiger charge is 2.41. The molecule has 1 amide bonds. The van der Waals surface area contributed by atoms with E-state index in [9.17, 15) is 32.3 Å². The SMILES string of the molecule is COc1cccc(C(=O)N2CCC(c3cc(C(F)(F)F)n4ncnc4n3)CC2)c1.O=C(O)CC(O)(CC(=O)O)C(=O)O. The molecule has 1 aliphatic heterocycles. The van der Waals surface area contributed by atoms with E-state index in [4.69, 9.17) is 25.2 Å². The molecule has 2 aromatic heterocycles. The smallest absolute Gasteiger partial charge is 0.433 e. The number of piperidine rings is 1. The average molecular weight is 598 g/mol. The van der Waals surface area contributed by atoms with Crippen molar-refractivity contribution >= 4 is 29.6 Å². The van der Waals surface area contributed by atoms with Crippen molar-refractivity contribution in [1.29, 1.82) is 0 Å². The highest BCUT2D eigenvalue weighted by Crippen LogP contribution is 2.34. The Morgan fingerprint density at radius 1 is 1.02 bits per heavy atom. The molecule has 3 heterocycles. The number of carbonyl (C=O) groups is 4. The summed E-state index contributed by atoms with van der Waals surface area (Å²) in [7, 11) is 1.53. The maximum absolute atomic E-state index is 13.4. The van der Waals surface area contributed by atoms with E-state index in [-0.39, 0.29) is 17.6 Å². The first kappa shape index (κ1) is 31.7. The van der Waals surface area contributed by atoms with E-state index >= 15 is 0 Å². The van der Waals surface area contributed by atoms with Gasteiger partial charge in [0, 0.05) is 30.3 Å². The molecule has 0 saturated carbocycles. The summed E-state index contributed by atoms with van der Waals surface area (Å²) < 4.78 is 46.0. The highest BCUT2D eigenvalue weighted by molar-refractivity contribution is 5.94. The lowest BCUT2D eigenvalue weighted by Gasteiger charge is -2.32. The monoisotopic (exact) mass is 597 g/mol. The Bertz CT molecular complexity index is 1450. The molecule has 0 spiro atoms. The predicted octanol–water partition coefficient (Wildman–Crippen LogP) is 1.92. The fourth-order valence-electron chi connectivity index (χ4n) is 4.27. The minimum atomic E-state index is -4.56. The number of halogens is 3. The van der Waals surface area contributed by atoms with Crippen molar-refractivity contribution < 1.29 is 57.5 Å². The second-order valence-corrected chi connectivity index (χ2v) is 9.31. The van der Waals surface area contributed by atoms with Crippen LogP contribution in [-0.2, 0) is 20.6 Å². The number of hydrogen-bond donors (Lipinski definition) is 4. The van der Waals surface area contributed by atoms with E-state index in [0.29, 0.717) is 47.5 Å². The van der Waals surface area contributed by atoms with Crippen LogP contribution in [0.2, 0.25) is 0 Å². The van der Waals surface area contributed by atoms with E-state index in [1.807, 2.05) is 0 Å². The normalized spacial score (nSPS) is 14.2. The van der Waals surface area contributed by atoms with Crippen molar-refractivity contribution in [3.63, 3.8) is 0 Å². The molecule has 17 heteroatoms. The van der Waals surface area contributed by atoms with E-state index in [1.54, 1.807) is 29.2 Å². The molecule has 1 aliphatic rings. The topological polar surface area (TPSA) is 205 Å². The van der Waals surface area contributed by atoms with Gasteiger partial charge < -0.3 is 30.1 Å². The maximum Gasteiger partial charge on any atom is 0.433 e. The number of likely N-dealkylation sites (tertiary alicyclic amines) is 1. The zero-order chi connectivity index (χ0) is 31.2. The van der Waals surface area contributed by atoms with Gasteiger partial charge in [0.15, 0.2) is 11.3 Å². The molecule has 0 atom stereocenters. The third-order valence-corrected chi connectivity index (χ3v) is 6.36. The Kier molecular flexibility index (Phi) is 9.67. The van der Waals surface area contributed by atoms with Gasteiger partial charge in [-0.1, -0.05) is 6.07 Å². The van der Waals surface area contributed by atoms with Crippen LogP contribution in [0.1, 0.15) is 53.3 Å². The molecule has 0 unspecified atom stereocenters. The highest BCUT2D eigenvalue weighted by atomic mass is 19.4. The number of amides is 1. The van der Waals surface area contributed by atoms with Crippen molar-refractivity contribution in [3.8, 4) is 5.75 Å². The number of aliphatic carboxylic acids is 3. The van der Waals surface area contributed by atoms with Crippen molar-refractivity contribution in [1.82, 2.24) is 24.5 Å². The van der Waals surface area contributed by atoms with Crippen LogP contribution in [0, 0.1) is 0 Å². The summed E-state index contributed by atoms with van der Waals surface area (Å²) in [6.45, 7) is 0.864. The van der Waals surface area contributed by atoms with Crippen LogP contribution in [0.5, 0.6) is 5.75 Å². The number of carboxylic acid groups (broad SMARTS) is 3. The molecule has 3 aromatic rings. The standard InChI is InChI=1S/C19H18F3N5O2.C6H8O7/c1-29-14-4-2-3-13(9-14)17(28)26-7-5-12(6-8-26)15-10-16(19(20,21)22)27-18(25-15)23-11-24-27;7-3(8)1-6(13,5(11)12)2-4(9)10/h2-4,9-12H,5-8H2,1H3;13H,1-2H2,(H,7,8)(H,9,10)(H,11,12). The maximum atomic E-state index is 13.4. The fourth-order valence-corrected chi connectivity index (χ4v) is 4.27. The molecule has 0 radical (unpaired) electrons. The van der Waals surface area contributed by atoms with Crippen LogP contribution < -0.4 is 4.74 Å². The Hall–Kier alpha value is -4.80. The van der Waals surface area contributed by atoms with Crippen LogP contribution in [0.3, 0.4) is 0 Å². The van der Waals surface area contributed by atoms with Gasteiger partial charge in [-0.2, -0.15) is 27.8 Å². The lowest BCUT2D eigenvalue weighted by molar-refractivity contribution is -0.170. The van der Waals surface area contributed by atoms with Gasteiger partial charge >= 0.3 is 24.1 Å². The molecule has 1 saturated heterocycles. The lowest BCUT2D eigenvalue weighted by atomic mass is 9.92. The number of aliphatic hydroxyl groups is 1. The Morgan fingerprint density at radius 2 is 1.64 bits per heavy atom. The average Bonchev–Trinajstić information content (AvgIpc) is 3.40. The van der Waals surface area contributed by atoms with E-state index in [0.717, 1.165) is 12.4 Å². The first-order valence-corrected chi connectivity index (χ1v) is 12.2. The summed E-state index contributed by atoms with van der Waals surface area (Å²) in [5.41, 5.74) is -2.79. The van der Waals surface area contributed by atoms with Crippen LogP contribution in [-0.4, -0.2) is 94.5 Å². The van der Waals surface area contributed by atoms with Gasteiger partial charge in [-0.15, -0.1) is 0 Å². The minimum Gasteiger partial charge on any atom is -0.497 e. The molecule has 0 aliphatic carbocycles. The first-order chi connectivity index (χ1) is 19.6. The van der Waals surface area contributed by atoms with Gasteiger partial charge in [0.05, 0.1) is 20.0 Å². The van der Waals surface area contributed by atoms with Gasteiger partial charge in [0.2, 0.25) is 0 Å². The number of alkyl halides is 3. The van der Waals surface area contributed by atoms with Gasteiger partial charge in [0.1, 0.15) is 12.1 Å². The molecular formula is C25H26F3N5O9. The number of rotatable bonds is 8. The van der Waals surface area contributed by atoms with Crippen molar-refractivity contribution in [3.05, 3.63) is 53.6 Å². The van der Waals surface area contributed by atoms with Crippen molar-refractivity contribution in [2.75, 3.05) is 20.2 Å². The molecular weight excluding hydrogens is 571 g/mol. The molecule has 14 nitrogen and oxygen atoms in total. The van der Waals surface area contributed by atoms with E-state index in [2.05, 4.69) is 15.1 Å². The summed E-state index contributed by atoms with van der Waals surface area (Å²) in [4.78, 5) is 53.0. The molecule has 42 heavy (non-hydrogen) atoms. The number of aromatic nitrogens is 4. The predicted molar refractivity (Wildman–Crippen MR) is 134 cm³/mol. The van der Waals surface area contributed by atoms with E-state index in [1.165, 1.54) is 7.11 Å².